The SMILES string of the molecule is Cc1ncsc1OCCN1CCN(c2ccccc2)CC1. The molecule has 0 N–H and O–H groups in total. The van der Waals surface area contributed by atoms with Crippen LogP contribution in [0.3, 0.4) is 0 Å². The lowest BCUT2D eigenvalue weighted by atomic mass is 10.2. The second-order valence-electron chi connectivity index (χ2n) is 5.24. The van der Waals surface area contributed by atoms with Gasteiger partial charge in [0, 0.05) is 38.4 Å². The largest absolute Gasteiger partial charge is 0.481 e. The fourth-order valence-corrected chi connectivity index (χ4v) is 3.25. The molecule has 0 spiro atoms. The van der Waals surface area contributed by atoms with Crippen molar-refractivity contribution in [2.45, 2.75) is 6.92 Å². The lowest BCUT2D eigenvalue weighted by molar-refractivity contribution is 0.202. The number of anilines is 1. The molecule has 0 aliphatic carbocycles. The van der Waals surface area contributed by atoms with Crippen LogP contribution in [0.5, 0.6) is 5.06 Å². The maximum Gasteiger partial charge on any atom is 0.196 e. The summed E-state index contributed by atoms with van der Waals surface area (Å²) >= 11 is 1.57. The van der Waals surface area contributed by atoms with Crippen LogP contribution in [0, 0.1) is 6.92 Å². The molecule has 1 aliphatic rings. The first-order chi connectivity index (χ1) is 10.3. The summed E-state index contributed by atoms with van der Waals surface area (Å²) < 4.78 is 5.79. The Labute approximate surface area is 130 Å². The third kappa shape index (κ3) is 3.74. The number of thiazole rings is 1. The lowest BCUT2D eigenvalue weighted by Crippen LogP contribution is -2.47. The highest BCUT2D eigenvalue weighted by Gasteiger charge is 2.16. The Bertz CT molecular complexity index is 550. The fraction of sp³-hybridized carbons (Fsp3) is 0.438. The van der Waals surface area contributed by atoms with Crippen molar-refractivity contribution in [1.29, 1.82) is 0 Å². The smallest absolute Gasteiger partial charge is 0.196 e. The Hall–Kier alpha value is -1.59. The zero-order valence-corrected chi connectivity index (χ0v) is 13.2. The molecule has 3 rings (SSSR count). The molecule has 0 saturated carbocycles. The van der Waals surface area contributed by atoms with Crippen LogP contribution in [-0.2, 0) is 0 Å². The highest BCUT2D eigenvalue weighted by atomic mass is 32.1. The molecule has 1 aromatic heterocycles. The van der Waals surface area contributed by atoms with E-state index in [0.717, 1.165) is 50.1 Å². The van der Waals surface area contributed by atoms with Gasteiger partial charge in [-0.2, -0.15) is 0 Å². The number of hydrogen-bond acceptors (Lipinski definition) is 5. The Kier molecular flexibility index (Phi) is 4.72. The number of benzene rings is 1. The molecule has 2 aromatic rings. The predicted molar refractivity (Wildman–Crippen MR) is 87.4 cm³/mol. The third-order valence-electron chi connectivity index (χ3n) is 3.84. The Balaban J connectivity index is 1.41. The topological polar surface area (TPSA) is 28.6 Å². The lowest BCUT2D eigenvalue weighted by Gasteiger charge is -2.36. The highest BCUT2D eigenvalue weighted by molar-refractivity contribution is 7.11. The fourth-order valence-electron chi connectivity index (χ4n) is 2.57. The first-order valence-electron chi connectivity index (χ1n) is 7.38. The van der Waals surface area contributed by atoms with E-state index < -0.39 is 0 Å². The first-order valence-corrected chi connectivity index (χ1v) is 8.26. The van der Waals surface area contributed by atoms with Crippen molar-refractivity contribution in [3.05, 3.63) is 41.5 Å². The van der Waals surface area contributed by atoms with E-state index in [1.54, 1.807) is 11.3 Å². The molecule has 2 heterocycles. The molecule has 1 saturated heterocycles. The molecule has 0 atom stereocenters. The molecule has 5 heteroatoms. The van der Waals surface area contributed by atoms with Crippen molar-refractivity contribution < 1.29 is 4.74 Å². The molecule has 4 nitrogen and oxygen atoms in total. The summed E-state index contributed by atoms with van der Waals surface area (Å²) in [6.07, 6.45) is 0. The van der Waals surface area contributed by atoms with Gasteiger partial charge in [0.2, 0.25) is 0 Å². The molecule has 21 heavy (non-hydrogen) atoms. The standard InChI is InChI=1S/C16H21N3OS/c1-14-16(21-13-17-14)20-12-11-18-7-9-19(10-8-18)15-5-3-2-4-6-15/h2-6,13H,7-12H2,1H3. The Morgan fingerprint density at radius 3 is 2.57 bits per heavy atom. The average Bonchev–Trinajstić information content (AvgIpc) is 2.94. The normalized spacial score (nSPS) is 16.1. The number of hydrogen-bond donors (Lipinski definition) is 0. The monoisotopic (exact) mass is 303 g/mol. The average molecular weight is 303 g/mol. The van der Waals surface area contributed by atoms with Crippen LogP contribution < -0.4 is 9.64 Å². The number of piperazine rings is 1. The summed E-state index contributed by atoms with van der Waals surface area (Å²) in [5.74, 6) is 0. The van der Waals surface area contributed by atoms with Crippen LogP contribution in [-0.4, -0.2) is 49.2 Å². The minimum atomic E-state index is 0.744. The third-order valence-corrected chi connectivity index (χ3v) is 4.67. The van der Waals surface area contributed by atoms with Crippen molar-refractivity contribution in [3.8, 4) is 5.06 Å². The molecule has 1 aromatic carbocycles. The molecule has 1 aliphatic heterocycles. The zero-order valence-electron chi connectivity index (χ0n) is 12.4. The first kappa shape index (κ1) is 14.4. The summed E-state index contributed by atoms with van der Waals surface area (Å²) in [7, 11) is 0. The van der Waals surface area contributed by atoms with E-state index in [1.807, 2.05) is 12.4 Å². The van der Waals surface area contributed by atoms with Gasteiger partial charge in [0.15, 0.2) is 5.06 Å². The molecule has 0 amide bonds. The molecular formula is C16H21N3OS. The van der Waals surface area contributed by atoms with Crippen molar-refractivity contribution in [3.63, 3.8) is 0 Å². The molecule has 0 bridgehead atoms. The van der Waals surface area contributed by atoms with Crippen molar-refractivity contribution in [2.24, 2.45) is 0 Å². The van der Waals surface area contributed by atoms with Gasteiger partial charge in [-0.05, 0) is 19.1 Å². The molecule has 112 valence electrons. The van der Waals surface area contributed by atoms with E-state index in [9.17, 15) is 0 Å². The van der Waals surface area contributed by atoms with Gasteiger partial charge in [0.05, 0.1) is 11.2 Å². The quantitative estimate of drug-likeness (QED) is 0.849. The van der Waals surface area contributed by atoms with Gasteiger partial charge in [-0.25, -0.2) is 4.98 Å². The highest BCUT2D eigenvalue weighted by Crippen LogP contribution is 2.21. The van der Waals surface area contributed by atoms with Gasteiger partial charge in [0.25, 0.3) is 0 Å². The van der Waals surface area contributed by atoms with E-state index in [1.165, 1.54) is 5.69 Å². The minimum Gasteiger partial charge on any atom is -0.481 e. The van der Waals surface area contributed by atoms with E-state index in [0.29, 0.717) is 0 Å². The molecule has 0 unspecified atom stereocenters. The van der Waals surface area contributed by atoms with Crippen LogP contribution in [0.25, 0.3) is 0 Å². The number of ether oxygens (including phenoxy) is 1. The van der Waals surface area contributed by atoms with Crippen LogP contribution >= 0.6 is 11.3 Å². The number of nitrogens with zero attached hydrogens (tertiary/aromatic N) is 3. The zero-order chi connectivity index (χ0) is 14.5. The number of rotatable bonds is 5. The van der Waals surface area contributed by atoms with E-state index in [4.69, 9.17) is 4.74 Å². The van der Waals surface area contributed by atoms with E-state index in [2.05, 4.69) is 45.1 Å². The summed E-state index contributed by atoms with van der Waals surface area (Å²) in [6.45, 7) is 8.09. The molecule has 1 fully saturated rings. The molecule has 0 radical (unpaired) electrons. The van der Waals surface area contributed by atoms with Gasteiger partial charge >= 0.3 is 0 Å². The van der Waals surface area contributed by atoms with Crippen molar-refractivity contribution >= 4 is 17.0 Å². The van der Waals surface area contributed by atoms with Gasteiger partial charge in [0.1, 0.15) is 6.61 Å². The van der Waals surface area contributed by atoms with Gasteiger partial charge in [-0.1, -0.05) is 29.5 Å². The van der Waals surface area contributed by atoms with Crippen LogP contribution in [0.2, 0.25) is 0 Å². The Morgan fingerprint density at radius 2 is 1.90 bits per heavy atom. The predicted octanol–water partition coefficient (Wildman–Crippen LogP) is 2.65. The van der Waals surface area contributed by atoms with Gasteiger partial charge < -0.3 is 9.64 Å². The second kappa shape index (κ2) is 6.91. The minimum absolute atomic E-state index is 0.744. The van der Waals surface area contributed by atoms with E-state index in [-0.39, 0.29) is 0 Å². The number of aromatic nitrogens is 1. The second-order valence-corrected chi connectivity index (χ2v) is 6.06. The Morgan fingerprint density at radius 1 is 1.14 bits per heavy atom. The summed E-state index contributed by atoms with van der Waals surface area (Å²) in [6, 6.07) is 10.6. The number of para-hydroxylation sites is 1. The van der Waals surface area contributed by atoms with Gasteiger partial charge in [-0.3, -0.25) is 4.90 Å². The summed E-state index contributed by atoms with van der Waals surface area (Å²) in [4.78, 5) is 9.12. The number of aryl methyl sites for hydroxylation is 1. The molecular weight excluding hydrogens is 282 g/mol. The summed E-state index contributed by atoms with van der Waals surface area (Å²) in [5.41, 5.74) is 4.16. The van der Waals surface area contributed by atoms with E-state index >= 15 is 0 Å². The van der Waals surface area contributed by atoms with Crippen LogP contribution in [0.4, 0.5) is 5.69 Å². The van der Waals surface area contributed by atoms with Gasteiger partial charge in [-0.15, -0.1) is 0 Å². The maximum absolute atomic E-state index is 5.79. The summed E-state index contributed by atoms with van der Waals surface area (Å²) in [5, 5.41) is 0.956. The van der Waals surface area contributed by atoms with Crippen molar-refractivity contribution in [1.82, 2.24) is 9.88 Å². The van der Waals surface area contributed by atoms with Crippen LogP contribution in [0.15, 0.2) is 35.8 Å². The van der Waals surface area contributed by atoms with Crippen molar-refractivity contribution in [2.75, 3.05) is 44.2 Å². The van der Waals surface area contributed by atoms with Crippen LogP contribution in [0.1, 0.15) is 5.69 Å². The maximum atomic E-state index is 5.79.